The molecule has 92 valence electrons. The number of aromatic nitrogens is 2. The highest BCUT2D eigenvalue weighted by atomic mass is 16.4. The van der Waals surface area contributed by atoms with Gasteiger partial charge in [0.25, 0.3) is 0 Å². The second-order valence-electron chi connectivity index (χ2n) is 4.62. The van der Waals surface area contributed by atoms with Gasteiger partial charge in [0.2, 0.25) is 0 Å². The summed E-state index contributed by atoms with van der Waals surface area (Å²) in [7, 11) is 0. The van der Waals surface area contributed by atoms with E-state index in [0.717, 1.165) is 18.4 Å². The number of rotatable bonds is 3. The van der Waals surface area contributed by atoms with Gasteiger partial charge in [0.1, 0.15) is 0 Å². The fraction of sp³-hybridized carbons (Fsp3) is 0.500. The molecule has 1 heterocycles. The zero-order valence-electron chi connectivity index (χ0n) is 9.67. The predicted octanol–water partition coefficient (Wildman–Crippen LogP) is 1.21. The summed E-state index contributed by atoms with van der Waals surface area (Å²) in [5, 5.41) is 13.6. The van der Waals surface area contributed by atoms with Crippen molar-refractivity contribution in [2.24, 2.45) is 5.73 Å². The summed E-state index contributed by atoms with van der Waals surface area (Å²) < 4.78 is 1.54. The van der Waals surface area contributed by atoms with Crippen molar-refractivity contribution in [3.63, 3.8) is 0 Å². The first-order valence-corrected chi connectivity index (χ1v) is 5.74. The van der Waals surface area contributed by atoms with Crippen LogP contribution >= 0.6 is 0 Å². The van der Waals surface area contributed by atoms with Crippen LogP contribution in [0.25, 0.3) is 6.20 Å². The molecule has 0 amide bonds. The Bertz CT molecular complexity index is 431. The van der Waals surface area contributed by atoms with Crippen molar-refractivity contribution < 1.29 is 9.90 Å². The van der Waals surface area contributed by atoms with E-state index in [0.29, 0.717) is 12.8 Å². The lowest BCUT2D eigenvalue weighted by Crippen LogP contribution is -2.42. The molecule has 1 aliphatic rings. The van der Waals surface area contributed by atoms with Crippen LogP contribution in [0.5, 0.6) is 0 Å². The molecule has 17 heavy (non-hydrogen) atoms. The average molecular weight is 235 g/mol. The summed E-state index contributed by atoms with van der Waals surface area (Å²) in [6.07, 6.45) is 7.54. The summed E-state index contributed by atoms with van der Waals surface area (Å²) in [5.74, 6) is -0.784. The van der Waals surface area contributed by atoms with E-state index in [1.165, 1.54) is 4.68 Å². The minimum absolute atomic E-state index is 0.122. The highest BCUT2D eigenvalue weighted by molar-refractivity contribution is 5.81. The highest BCUT2D eigenvalue weighted by Gasteiger charge is 2.43. The smallest absolute Gasteiger partial charge is 0.314 e. The lowest BCUT2D eigenvalue weighted by molar-refractivity contribution is -0.145. The summed E-state index contributed by atoms with van der Waals surface area (Å²) >= 11 is 0. The molecular weight excluding hydrogens is 218 g/mol. The van der Waals surface area contributed by atoms with Crippen LogP contribution in [0, 0.1) is 0 Å². The van der Waals surface area contributed by atoms with E-state index in [1.807, 2.05) is 0 Å². The topological polar surface area (TPSA) is 81.1 Å². The van der Waals surface area contributed by atoms with Crippen LogP contribution in [-0.2, 0) is 10.2 Å². The minimum atomic E-state index is -0.822. The number of aliphatic carboxylic acids is 1. The Labute approximate surface area is 99.9 Å². The van der Waals surface area contributed by atoms with E-state index in [4.69, 9.17) is 5.73 Å². The van der Waals surface area contributed by atoms with Crippen LogP contribution in [0.15, 0.2) is 19.0 Å². The second-order valence-corrected chi connectivity index (χ2v) is 4.62. The molecule has 3 N–H and O–H groups in total. The molecule has 1 aromatic heterocycles. The van der Waals surface area contributed by atoms with Gasteiger partial charge in [-0.15, -0.1) is 0 Å². The largest absolute Gasteiger partial charge is 0.481 e. The highest BCUT2D eigenvalue weighted by Crippen LogP contribution is 2.39. The third-order valence-electron chi connectivity index (χ3n) is 3.63. The molecule has 0 unspecified atom stereocenters. The van der Waals surface area contributed by atoms with Crippen molar-refractivity contribution in [2.75, 3.05) is 0 Å². The molecule has 0 aliphatic heterocycles. The van der Waals surface area contributed by atoms with E-state index < -0.39 is 11.4 Å². The van der Waals surface area contributed by atoms with Gasteiger partial charge in [-0.25, -0.2) is 4.68 Å². The monoisotopic (exact) mass is 235 g/mol. The fourth-order valence-electron chi connectivity index (χ4n) is 2.44. The van der Waals surface area contributed by atoms with Crippen molar-refractivity contribution in [1.29, 1.82) is 0 Å². The molecule has 1 aliphatic carbocycles. The number of carboxylic acid groups (broad SMARTS) is 1. The maximum atomic E-state index is 11.6. The van der Waals surface area contributed by atoms with Gasteiger partial charge in [0, 0.05) is 24.0 Å². The maximum Gasteiger partial charge on any atom is 0.314 e. The second kappa shape index (κ2) is 4.33. The maximum absolute atomic E-state index is 11.6. The molecule has 0 atom stereocenters. The van der Waals surface area contributed by atoms with E-state index in [-0.39, 0.29) is 6.04 Å². The standard InChI is InChI=1S/C12H17N3O2/c1-2-15-8-9(7-14-15)12(11(16)17)5-3-10(13)4-6-12/h2,7-8,10H,1,3-6,13H2,(H,16,17). The van der Waals surface area contributed by atoms with E-state index in [1.54, 1.807) is 18.6 Å². The molecule has 0 spiro atoms. The van der Waals surface area contributed by atoms with Crippen molar-refractivity contribution >= 4 is 12.2 Å². The Hall–Kier alpha value is -1.62. The Morgan fingerprint density at radius 1 is 1.65 bits per heavy atom. The Kier molecular flexibility index (Phi) is 3.02. The lowest BCUT2D eigenvalue weighted by Gasteiger charge is -2.34. The van der Waals surface area contributed by atoms with Gasteiger partial charge in [0.15, 0.2) is 0 Å². The molecule has 1 aromatic rings. The van der Waals surface area contributed by atoms with E-state index >= 15 is 0 Å². The van der Waals surface area contributed by atoms with Gasteiger partial charge >= 0.3 is 5.97 Å². The average Bonchev–Trinajstić information content (AvgIpc) is 2.79. The predicted molar refractivity (Wildman–Crippen MR) is 64.4 cm³/mol. The molecule has 5 heteroatoms. The molecule has 0 aromatic carbocycles. The van der Waals surface area contributed by atoms with Gasteiger partial charge in [-0.3, -0.25) is 4.79 Å². The zero-order valence-corrected chi connectivity index (χ0v) is 9.67. The Morgan fingerprint density at radius 2 is 2.29 bits per heavy atom. The molecule has 1 fully saturated rings. The van der Waals surface area contributed by atoms with Gasteiger partial charge in [-0.2, -0.15) is 5.10 Å². The lowest BCUT2D eigenvalue weighted by atomic mass is 9.69. The van der Waals surface area contributed by atoms with E-state index in [9.17, 15) is 9.90 Å². The SMILES string of the molecule is C=Cn1cc(C2(C(=O)O)CCC(N)CC2)cn1. The molecule has 5 nitrogen and oxygen atoms in total. The van der Waals surface area contributed by atoms with Crippen molar-refractivity contribution in [3.8, 4) is 0 Å². The molecule has 2 rings (SSSR count). The third-order valence-corrected chi connectivity index (χ3v) is 3.63. The fourth-order valence-corrected chi connectivity index (χ4v) is 2.44. The quantitative estimate of drug-likeness (QED) is 0.825. The third kappa shape index (κ3) is 1.98. The zero-order chi connectivity index (χ0) is 12.5. The normalized spacial score (nSPS) is 28.9. The number of nitrogens with zero attached hydrogens (tertiary/aromatic N) is 2. The number of carboxylic acids is 1. The van der Waals surface area contributed by atoms with Crippen molar-refractivity contribution in [2.45, 2.75) is 37.1 Å². The first kappa shape index (κ1) is 11.9. The number of nitrogens with two attached hydrogens (primary N) is 1. The van der Waals surface area contributed by atoms with Gasteiger partial charge in [-0.05, 0) is 25.7 Å². The van der Waals surface area contributed by atoms with Crippen LogP contribution in [0.4, 0.5) is 0 Å². The molecule has 1 saturated carbocycles. The van der Waals surface area contributed by atoms with Crippen LogP contribution in [0.3, 0.4) is 0 Å². The summed E-state index contributed by atoms with van der Waals surface area (Å²) in [6, 6.07) is 0.122. The van der Waals surface area contributed by atoms with Crippen LogP contribution in [0.1, 0.15) is 31.2 Å². The van der Waals surface area contributed by atoms with Gasteiger partial charge in [0.05, 0.1) is 11.6 Å². The molecular formula is C12H17N3O2. The number of hydrogen-bond donors (Lipinski definition) is 2. The number of hydrogen-bond acceptors (Lipinski definition) is 3. The summed E-state index contributed by atoms with van der Waals surface area (Å²) in [4.78, 5) is 11.6. The Balaban J connectivity index is 2.34. The first-order valence-electron chi connectivity index (χ1n) is 5.74. The molecule has 0 bridgehead atoms. The summed E-state index contributed by atoms with van der Waals surface area (Å²) in [5.41, 5.74) is 5.76. The Morgan fingerprint density at radius 3 is 2.76 bits per heavy atom. The first-order chi connectivity index (χ1) is 8.08. The van der Waals surface area contributed by atoms with Gasteiger partial charge in [-0.1, -0.05) is 6.58 Å². The van der Waals surface area contributed by atoms with Crippen LogP contribution in [0.2, 0.25) is 0 Å². The van der Waals surface area contributed by atoms with Crippen molar-refractivity contribution in [3.05, 3.63) is 24.5 Å². The van der Waals surface area contributed by atoms with Crippen LogP contribution < -0.4 is 5.73 Å². The van der Waals surface area contributed by atoms with E-state index in [2.05, 4.69) is 11.7 Å². The van der Waals surface area contributed by atoms with Crippen LogP contribution in [-0.4, -0.2) is 26.9 Å². The molecule has 0 radical (unpaired) electrons. The molecule has 0 saturated heterocycles. The summed E-state index contributed by atoms with van der Waals surface area (Å²) in [6.45, 7) is 3.60. The minimum Gasteiger partial charge on any atom is -0.481 e. The van der Waals surface area contributed by atoms with Gasteiger partial charge < -0.3 is 10.8 Å². The van der Waals surface area contributed by atoms with Crippen molar-refractivity contribution in [1.82, 2.24) is 9.78 Å². The number of carbonyl (C=O) groups is 1.